The van der Waals surface area contributed by atoms with Gasteiger partial charge in [-0.3, -0.25) is 9.79 Å². The fraction of sp³-hybridized carbons (Fsp3) is 0.269. The maximum atomic E-state index is 13.0. The molecule has 0 saturated carbocycles. The molecule has 31 heavy (non-hydrogen) atoms. The lowest BCUT2D eigenvalue weighted by Gasteiger charge is -2.37. The number of hydrogen-bond acceptors (Lipinski definition) is 4. The van der Waals surface area contributed by atoms with Crippen LogP contribution in [-0.2, 0) is 4.79 Å². The summed E-state index contributed by atoms with van der Waals surface area (Å²) in [7, 11) is 0. The first-order valence-corrected chi connectivity index (χ1v) is 10.5. The Labute approximate surface area is 182 Å². The standard InChI is InChI=1S/C26H26N2O3/c1-18-8-10-20(11-9-18)25(31)23-7-4-14-28(23)17-19-15-22-6-3-5-21(12-13-24(29)30)26(22,2)27-16-19/h3-6,8-16,21,23H,7,17H2,1-2H3,(H,29,30)/b13-12+. The number of carbonyl (C=O) groups excluding carboxylic acids is 1. The molecule has 3 unspecified atom stereocenters. The quantitative estimate of drug-likeness (QED) is 0.557. The molecule has 1 aromatic carbocycles. The summed E-state index contributed by atoms with van der Waals surface area (Å²) in [5.74, 6) is -0.962. The number of hydrogen-bond donors (Lipinski definition) is 1. The van der Waals surface area contributed by atoms with E-state index >= 15 is 0 Å². The summed E-state index contributed by atoms with van der Waals surface area (Å²) in [5.41, 5.74) is 3.40. The molecule has 0 radical (unpaired) electrons. The van der Waals surface area contributed by atoms with Gasteiger partial charge in [-0.05, 0) is 37.6 Å². The van der Waals surface area contributed by atoms with Crippen LogP contribution in [0.25, 0.3) is 0 Å². The van der Waals surface area contributed by atoms with Crippen LogP contribution in [0, 0.1) is 12.8 Å². The van der Waals surface area contributed by atoms with E-state index in [2.05, 4.69) is 11.0 Å². The van der Waals surface area contributed by atoms with Crippen LogP contribution in [-0.4, -0.2) is 46.1 Å². The largest absolute Gasteiger partial charge is 0.478 e. The smallest absolute Gasteiger partial charge is 0.327 e. The molecule has 0 aromatic heterocycles. The zero-order valence-electron chi connectivity index (χ0n) is 17.7. The van der Waals surface area contributed by atoms with E-state index in [4.69, 9.17) is 10.1 Å². The summed E-state index contributed by atoms with van der Waals surface area (Å²) >= 11 is 0. The first-order chi connectivity index (χ1) is 14.9. The second-order valence-corrected chi connectivity index (χ2v) is 8.39. The normalized spacial score (nSPS) is 26.7. The molecule has 0 amide bonds. The van der Waals surface area contributed by atoms with Crippen molar-refractivity contribution in [1.29, 1.82) is 0 Å². The van der Waals surface area contributed by atoms with E-state index in [1.54, 1.807) is 6.08 Å². The number of Topliss-reactive ketones (excluding diaryl/α,β-unsaturated/α-hetero) is 1. The fourth-order valence-electron chi connectivity index (χ4n) is 4.27. The van der Waals surface area contributed by atoms with Crippen LogP contribution in [0.4, 0.5) is 0 Å². The summed E-state index contributed by atoms with van der Waals surface area (Å²) in [6, 6.07) is 7.51. The van der Waals surface area contributed by atoms with Crippen LogP contribution >= 0.6 is 0 Å². The summed E-state index contributed by atoms with van der Waals surface area (Å²) in [6.07, 6.45) is 17.5. The van der Waals surface area contributed by atoms with Crippen molar-refractivity contribution in [1.82, 2.24) is 4.90 Å². The Bertz CT molecular complexity index is 1070. The second-order valence-electron chi connectivity index (χ2n) is 8.39. The van der Waals surface area contributed by atoms with Crippen molar-refractivity contribution in [2.45, 2.75) is 31.8 Å². The van der Waals surface area contributed by atoms with Gasteiger partial charge in [-0.15, -0.1) is 0 Å². The molecular formula is C26H26N2O3. The number of carboxylic acids is 1. The highest BCUT2D eigenvalue weighted by Crippen LogP contribution is 2.38. The minimum atomic E-state index is -0.964. The number of dihydropyridines is 1. The van der Waals surface area contributed by atoms with E-state index in [1.165, 1.54) is 6.08 Å². The van der Waals surface area contributed by atoms with Gasteiger partial charge >= 0.3 is 5.97 Å². The Morgan fingerprint density at radius 3 is 2.81 bits per heavy atom. The van der Waals surface area contributed by atoms with Crippen molar-refractivity contribution in [3.63, 3.8) is 0 Å². The van der Waals surface area contributed by atoms with Crippen molar-refractivity contribution in [2.75, 3.05) is 6.54 Å². The maximum absolute atomic E-state index is 13.0. The van der Waals surface area contributed by atoms with Crippen molar-refractivity contribution >= 4 is 18.0 Å². The van der Waals surface area contributed by atoms with Crippen molar-refractivity contribution in [2.24, 2.45) is 10.9 Å². The number of aliphatic imine (C=N–C) groups is 1. The van der Waals surface area contributed by atoms with Crippen molar-refractivity contribution in [3.8, 4) is 0 Å². The lowest BCUT2D eigenvalue weighted by Crippen LogP contribution is -2.39. The van der Waals surface area contributed by atoms with Crippen LogP contribution in [0.1, 0.15) is 29.3 Å². The first kappa shape index (κ1) is 20.8. The van der Waals surface area contributed by atoms with E-state index in [0.717, 1.165) is 22.3 Å². The van der Waals surface area contributed by atoms with Crippen molar-refractivity contribution < 1.29 is 14.7 Å². The molecule has 2 heterocycles. The third-order valence-electron chi connectivity index (χ3n) is 6.17. The van der Waals surface area contributed by atoms with Gasteiger partial charge in [-0.1, -0.05) is 66.3 Å². The van der Waals surface area contributed by atoms with E-state index in [-0.39, 0.29) is 17.7 Å². The Morgan fingerprint density at radius 1 is 1.29 bits per heavy atom. The minimum absolute atomic E-state index is 0.125. The predicted octanol–water partition coefficient (Wildman–Crippen LogP) is 4.29. The van der Waals surface area contributed by atoms with Gasteiger partial charge in [0.05, 0.1) is 11.6 Å². The molecule has 0 spiro atoms. The number of aryl methyl sites for hydroxylation is 1. The number of allylic oxidation sites excluding steroid dienone is 2. The highest BCUT2D eigenvalue weighted by atomic mass is 16.4. The number of ketones is 1. The Kier molecular flexibility index (Phi) is 5.59. The maximum Gasteiger partial charge on any atom is 0.327 e. The minimum Gasteiger partial charge on any atom is -0.478 e. The van der Waals surface area contributed by atoms with Gasteiger partial charge < -0.3 is 10.0 Å². The molecule has 2 aliphatic heterocycles. The van der Waals surface area contributed by atoms with E-state index in [1.807, 2.05) is 74.8 Å². The van der Waals surface area contributed by atoms with Crippen molar-refractivity contribution in [3.05, 3.63) is 95.3 Å². The molecule has 5 nitrogen and oxygen atoms in total. The Balaban J connectivity index is 1.50. The average molecular weight is 415 g/mol. The molecule has 1 aromatic rings. The van der Waals surface area contributed by atoms with E-state index in [0.29, 0.717) is 13.0 Å². The summed E-state index contributed by atoms with van der Waals surface area (Å²) in [5, 5.41) is 8.98. The topological polar surface area (TPSA) is 70.0 Å². The summed E-state index contributed by atoms with van der Waals surface area (Å²) in [4.78, 5) is 30.9. The van der Waals surface area contributed by atoms with Gasteiger partial charge in [0.1, 0.15) is 0 Å². The van der Waals surface area contributed by atoms with Gasteiger partial charge in [-0.2, -0.15) is 0 Å². The average Bonchev–Trinajstić information content (AvgIpc) is 3.20. The Hall–Kier alpha value is -3.47. The molecule has 5 heteroatoms. The van der Waals surface area contributed by atoms with Crippen LogP contribution in [0.3, 0.4) is 0 Å². The molecule has 0 fully saturated rings. The van der Waals surface area contributed by atoms with Gasteiger partial charge in [0, 0.05) is 30.3 Å². The van der Waals surface area contributed by atoms with Crippen LogP contribution in [0.5, 0.6) is 0 Å². The Morgan fingerprint density at radius 2 is 2.06 bits per heavy atom. The van der Waals surface area contributed by atoms with E-state index < -0.39 is 11.5 Å². The lowest BCUT2D eigenvalue weighted by molar-refractivity contribution is -0.131. The molecule has 158 valence electrons. The van der Waals surface area contributed by atoms with Gasteiger partial charge in [0.25, 0.3) is 0 Å². The molecule has 3 atom stereocenters. The zero-order valence-corrected chi connectivity index (χ0v) is 17.7. The predicted molar refractivity (Wildman–Crippen MR) is 122 cm³/mol. The monoisotopic (exact) mass is 414 g/mol. The first-order valence-electron chi connectivity index (χ1n) is 10.5. The number of benzene rings is 1. The SMILES string of the molecule is Cc1ccc(C(=O)C2CC=CN2CC2=CC3=CC=CC(/C=C/C(=O)O)C3(C)N=C2)cc1. The van der Waals surface area contributed by atoms with Gasteiger partial charge in [0.2, 0.25) is 0 Å². The second kappa shape index (κ2) is 8.34. The summed E-state index contributed by atoms with van der Waals surface area (Å²) < 4.78 is 0. The fourth-order valence-corrected chi connectivity index (χ4v) is 4.27. The van der Waals surface area contributed by atoms with E-state index in [9.17, 15) is 9.59 Å². The number of aliphatic carboxylic acids is 1. The highest BCUT2D eigenvalue weighted by Gasteiger charge is 2.37. The summed E-state index contributed by atoms with van der Waals surface area (Å²) in [6.45, 7) is 4.62. The number of rotatable bonds is 6. The van der Waals surface area contributed by atoms with Crippen LogP contribution < -0.4 is 0 Å². The molecule has 4 rings (SSSR count). The number of fused-ring (bicyclic) bond motifs is 1. The molecule has 0 saturated heterocycles. The molecule has 1 aliphatic carbocycles. The van der Waals surface area contributed by atoms with Crippen LogP contribution in [0.15, 0.2) is 89.1 Å². The molecule has 3 aliphatic rings. The highest BCUT2D eigenvalue weighted by molar-refractivity contribution is 6.00. The molecular weight excluding hydrogens is 388 g/mol. The zero-order chi connectivity index (χ0) is 22.0. The number of carbonyl (C=O) groups is 2. The molecule has 0 bridgehead atoms. The number of nitrogens with zero attached hydrogens (tertiary/aromatic N) is 2. The third kappa shape index (κ3) is 4.22. The third-order valence-corrected chi connectivity index (χ3v) is 6.17. The lowest BCUT2D eigenvalue weighted by atomic mass is 9.74. The van der Waals surface area contributed by atoms with Crippen LogP contribution in [0.2, 0.25) is 0 Å². The van der Waals surface area contributed by atoms with Gasteiger partial charge in [-0.25, -0.2) is 4.79 Å². The molecule has 1 N–H and O–H groups in total. The number of carboxylic acid groups (broad SMARTS) is 1. The van der Waals surface area contributed by atoms with Gasteiger partial charge in [0.15, 0.2) is 5.78 Å².